The number of rotatable bonds is 6. The summed E-state index contributed by atoms with van der Waals surface area (Å²) < 4.78 is 24.9. The third kappa shape index (κ3) is 5.37. The number of hydrogen-bond donors (Lipinski definition) is 1. The highest BCUT2D eigenvalue weighted by Crippen LogP contribution is 2.28. The van der Waals surface area contributed by atoms with Crippen LogP contribution >= 0.6 is 23.2 Å². The van der Waals surface area contributed by atoms with Crippen LogP contribution in [-0.2, 0) is 14.8 Å². The van der Waals surface area contributed by atoms with Crippen molar-refractivity contribution in [1.29, 1.82) is 0 Å². The molecule has 0 saturated carbocycles. The molecule has 8 heteroatoms. The summed E-state index contributed by atoms with van der Waals surface area (Å²) in [6.07, 6.45) is 1.10. The van der Waals surface area contributed by atoms with Gasteiger partial charge < -0.3 is 5.32 Å². The number of halogens is 2. The van der Waals surface area contributed by atoms with Gasteiger partial charge in [0.05, 0.1) is 28.5 Å². The molecule has 21 heavy (non-hydrogen) atoms. The van der Waals surface area contributed by atoms with Crippen LogP contribution in [0.2, 0.25) is 10.0 Å². The second-order valence-corrected chi connectivity index (χ2v) is 7.60. The molecule has 1 rings (SSSR count). The van der Waals surface area contributed by atoms with Gasteiger partial charge in [0.25, 0.3) is 0 Å². The Kier molecular flexibility index (Phi) is 6.31. The minimum absolute atomic E-state index is 0.120. The van der Waals surface area contributed by atoms with E-state index in [9.17, 15) is 13.2 Å². The van der Waals surface area contributed by atoms with Crippen LogP contribution in [0.15, 0.2) is 18.2 Å². The SMILES string of the molecule is CC(C)C(=O)NCCN(c1ccc(Cl)c(Cl)c1)S(C)(=O)=O. The minimum atomic E-state index is -3.49. The van der Waals surface area contributed by atoms with Gasteiger partial charge in [-0.2, -0.15) is 0 Å². The van der Waals surface area contributed by atoms with Gasteiger partial charge in [-0.1, -0.05) is 37.0 Å². The first-order valence-electron chi connectivity index (χ1n) is 6.33. The maximum Gasteiger partial charge on any atom is 0.232 e. The van der Waals surface area contributed by atoms with Crippen molar-refractivity contribution in [2.45, 2.75) is 13.8 Å². The fraction of sp³-hybridized carbons (Fsp3) is 0.462. The van der Waals surface area contributed by atoms with Crippen molar-refractivity contribution in [2.75, 3.05) is 23.7 Å². The van der Waals surface area contributed by atoms with E-state index in [2.05, 4.69) is 5.32 Å². The van der Waals surface area contributed by atoms with Crippen LogP contribution in [0, 0.1) is 5.92 Å². The van der Waals surface area contributed by atoms with Crippen LogP contribution in [0.4, 0.5) is 5.69 Å². The van der Waals surface area contributed by atoms with Crippen molar-refractivity contribution < 1.29 is 13.2 Å². The zero-order valence-electron chi connectivity index (χ0n) is 12.1. The van der Waals surface area contributed by atoms with E-state index in [1.165, 1.54) is 16.4 Å². The summed E-state index contributed by atoms with van der Waals surface area (Å²) in [5.74, 6) is -0.278. The molecule has 0 spiro atoms. The lowest BCUT2D eigenvalue weighted by Gasteiger charge is -2.23. The second kappa shape index (κ2) is 7.33. The number of benzene rings is 1. The van der Waals surface area contributed by atoms with E-state index < -0.39 is 10.0 Å². The monoisotopic (exact) mass is 352 g/mol. The van der Waals surface area contributed by atoms with Crippen LogP contribution in [0.5, 0.6) is 0 Å². The molecular weight excluding hydrogens is 335 g/mol. The minimum Gasteiger partial charge on any atom is -0.354 e. The van der Waals surface area contributed by atoms with Crippen LogP contribution in [0.3, 0.4) is 0 Å². The summed E-state index contributed by atoms with van der Waals surface area (Å²) in [5.41, 5.74) is 0.408. The first-order chi connectivity index (χ1) is 9.62. The van der Waals surface area contributed by atoms with Gasteiger partial charge in [-0.15, -0.1) is 0 Å². The number of hydrogen-bond acceptors (Lipinski definition) is 3. The van der Waals surface area contributed by atoms with Crippen LogP contribution in [0.25, 0.3) is 0 Å². The molecule has 1 aromatic rings. The van der Waals surface area contributed by atoms with Gasteiger partial charge >= 0.3 is 0 Å². The molecule has 0 saturated heterocycles. The van der Waals surface area contributed by atoms with Crippen LogP contribution in [0.1, 0.15) is 13.8 Å². The van der Waals surface area contributed by atoms with Crippen LogP contribution in [-0.4, -0.2) is 33.7 Å². The standard InChI is InChI=1S/C13H18Cl2N2O3S/c1-9(2)13(18)16-6-7-17(21(3,19)20)10-4-5-11(14)12(15)8-10/h4-5,8-9H,6-7H2,1-3H3,(H,16,18). The third-order valence-electron chi connectivity index (χ3n) is 2.73. The normalized spacial score (nSPS) is 11.5. The highest BCUT2D eigenvalue weighted by atomic mass is 35.5. The first-order valence-corrected chi connectivity index (χ1v) is 8.94. The lowest BCUT2D eigenvalue weighted by atomic mass is 10.2. The summed E-state index contributed by atoms with van der Waals surface area (Å²) in [6.45, 7) is 3.87. The van der Waals surface area contributed by atoms with Crippen molar-refractivity contribution in [3.63, 3.8) is 0 Å². The average Bonchev–Trinajstić information content (AvgIpc) is 2.36. The molecule has 0 atom stereocenters. The van der Waals surface area contributed by atoms with E-state index >= 15 is 0 Å². The largest absolute Gasteiger partial charge is 0.354 e. The van der Waals surface area contributed by atoms with Crippen molar-refractivity contribution in [3.8, 4) is 0 Å². The van der Waals surface area contributed by atoms with E-state index in [1.54, 1.807) is 19.9 Å². The maximum atomic E-state index is 11.9. The van der Waals surface area contributed by atoms with E-state index in [4.69, 9.17) is 23.2 Å². The molecule has 1 amide bonds. The molecule has 1 aromatic carbocycles. The quantitative estimate of drug-likeness (QED) is 0.855. The molecular formula is C13H18Cl2N2O3S. The number of carbonyl (C=O) groups excluding carboxylic acids is 1. The summed E-state index contributed by atoms with van der Waals surface area (Å²) in [6, 6.07) is 4.58. The van der Waals surface area contributed by atoms with E-state index in [0.29, 0.717) is 10.7 Å². The summed E-state index contributed by atoms with van der Waals surface area (Å²) >= 11 is 11.7. The molecule has 0 aliphatic heterocycles. The Morgan fingerprint density at radius 1 is 1.29 bits per heavy atom. The zero-order chi connectivity index (χ0) is 16.2. The molecule has 1 N–H and O–H groups in total. The van der Waals surface area contributed by atoms with E-state index in [0.717, 1.165) is 6.26 Å². The Morgan fingerprint density at radius 3 is 2.38 bits per heavy atom. The predicted molar refractivity (Wildman–Crippen MR) is 86.5 cm³/mol. The Hall–Kier alpha value is -0.980. The molecule has 118 valence electrons. The summed E-state index contributed by atoms with van der Waals surface area (Å²) in [7, 11) is -3.49. The van der Waals surface area contributed by atoms with Gasteiger partial charge in [0.2, 0.25) is 15.9 Å². The maximum absolute atomic E-state index is 11.9. The number of sulfonamides is 1. The van der Waals surface area contributed by atoms with E-state index in [1.807, 2.05) is 0 Å². The number of carbonyl (C=O) groups is 1. The fourth-order valence-corrected chi connectivity index (χ4v) is 2.82. The summed E-state index contributed by atoms with van der Waals surface area (Å²) in [4.78, 5) is 11.5. The summed E-state index contributed by atoms with van der Waals surface area (Å²) in [5, 5.41) is 3.30. The van der Waals surface area contributed by atoms with Gasteiger partial charge in [-0.3, -0.25) is 9.10 Å². The molecule has 0 bridgehead atoms. The molecule has 0 fully saturated rings. The molecule has 0 aliphatic carbocycles. The molecule has 0 radical (unpaired) electrons. The highest BCUT2D eigenvalue weighted by Gasteiger charge is 2.18. The molecule has 0 aromatic heterocycles. The smallest absolute Gasteiger partial charge is 0.232 e. The zero-order valence-corrected chi connectivity index (χ0v) is 14.4. The average molecular weight is 353 g/mol. The Morgan fingerprint density at radius 2 is 1.90 bits per heavy atom. The topological polar surface area (TPSA) is 66.5 Å². The van der Waals surface area contributed by atoms with E-state index in [-0.39, 0.29) is 29.9 Å². The third-order valence-corrected chi connectivity index (χ3v) is 4.66. The molecule has 5 nitrogen and oxygen atoms in total. The Balaban J connectivity index is 2.87. The van der Waals surface area contributed by atoms with Crippen molar-refractivity contribution in [1.82, 2.24) is 5.32 Å². The molecule has 0 unspecified atom stereocenters. The first kappa shape index (κ1) is 18.1. The molecule has 0 aliphatic rings. The van der Waals surface area contributed by atoms with Crippen molar-refractivity contribution >= 4 is 44.8 Å². The van der Waals surface area contributed by atoms with Crippen molar-refractivity contribution in [3.05, 3.63) is 28.2 Å². The lowest BCUT2D eigenvalue weighted by molar-refractivity contribution is -0.123. The fourth-order valence-electron chi connectivity index (χ4n) is 1.61. The number of nitrogens with one attached hydrogen (secondary N) is 1. The van der Waals surface area contributed by atoms with Gasteiger partial charge in [-0.25, -0.2) is 8.42 Å². The Labute approximate surface area is 135 Å². The number of nitrogens with zero attached hydrogens (tertiary/aromatic N) is 1. The Bertz CT molecular complexity index is 618. The van der Waals surface area contributed by atoms with Gasteiger partial charge in [0.1, 0.15) is 0 Å². The van der Waals surface area contributed by atoms with Gasteiger partial charge in [0, 0.05) is 12.5 Å². The van der Waals surface area contributed by atoms with Gasteiger partial charge in [-0.05, 0) is 18.2 Å². The van der Waals surface area contributed by atoms with Crippen molar-refractivity contribution in [2.24, 2.45) is 5.92 Å². The van der Waals surface area contributed by atoms with Gasteiger partial charge in [0.15, 0.2) is 0 Å². The number of anilines is 1. The molecule has 0 heterocycles. The van der Waals surface area contributed by atoms with Crippen LogP contribution < -0.4 is 9.62 Å². The lowest BCUT2D eigenvalue weighted by Crippen LogP contribution is -2.39. The highest BCUT2D eigenvalue weighted by molar-refractivity contribution is 7.92. The number of amides is 1. The second-order valence-electron chi connectivity index (χ2n) is 4.88. The predicted octanol–water partition coefficient (Wildman–Crippen LogP) is 2.53.